The van der Waals surface area contributed by atoms with Crippen molar-refractivity contribution in [2.75, 3.05) is 7.11 Å². The van der Waals surface area contributed by atoms with Gasteiger partial charge in [-0.05, 0) is 55.5 Å². The maximum atomic E-state index is 13.0. The van der Waals surface area contributed by atoms with Gasteiger partial charge in [-0.3, -0.25) is 4.79 Å². The van der Waals surface area contributed by atoms with E-state index in [1.165, 1.54) is 23.3 Å². The van der Waals surface area contributed by atoms with E-state index in [9.17, 15) is 10.1 Å². The summed E-state index contributed by atoms with van der Waals surface area (Å²) in [5, 5.41) is 10.0. The second-order valence-corrected chi connectivity index (χ2v) is 9.17. The average molecular weight is 458 g/mol. The Kier molecular flexibility index (Phi) is 5.84. The minimum absolute atomic E-state index is 0.0817. The largest absolute Gasteiger partial charge is 0.493 e. The number of aromatic nitrogens is 2. The zero-order chi connectivity index (χ0) is 22.8. The van der Waals surface area contributed by atoms with Crippen molar-refractivity contribution in [2.24, 2.45) is 0 Å². The molecular weight excluding hydrogens is 434 g/mol. The summed E-state index contributed by atoms with van der Waals surface area (Å²) in [4.78, 5) is 22.9. The predicted molar refractivity (Wildman–Crippen MR) is 129 cm³/mol. The van der Waals surface area contributed by atoms with Gasteiger partial charge in [0.05, 0.1) is 24.1 Å². The normalized spacial score (nSPS) is 13.2. The smallest absolute Gasteiger partial charge is 0.260 e. The second kappa shape index (κ2) is 9.08. The van der Waals surface area contributed by atoms with Crippen LogP contribution in [0.3, 0.4) is 0 Å². The number of hydrogen-bond donors (Lipinski definition) is 1. The summed E-state index contributed by atoms with van der Waals surface area (Å²) in [6.07, 6.45) is 5.48. The highest BCUT2D eigenvalue weighted by Gasteiger charge is 2.20. The zero-order valence-electron chi connectivity index (χ0n) is 18.3. The number of rotatable bonds is 5. The number of H-pyrrole nitrogens is 1. The van der Waals surface area contributed by atoms with E-state index in [1.54, 1.807) is 30.6 Å². The molecule has 0 amide bonds. The SMILES string of the molecule is COc1cc(-c2nc3sc4c(c3c(=O)[nH]2)CCCCC4)ccc1OCc1ccccc1C#N. The molecule has 0 fully saturated rings. The first kappa shape index (κ1) is 21.2. The molecule has 2 aromatic carbocycles. The first-order valence-corrected chi connectivity index (χ1v) is 11.8. The quantitative estimate of drug-likeness (QED) is 0.407. The van der Waals surface area contributed by atoms with Crippen molar-refractivity contribution < 1.29 is 9.47 Å². The summed E-state index contributed by atoms with van der Waals surface area (Å²) < 4.78 is 11.5. The third-order valence-electron chi connectivity index (χ3n) is 6.03. The van der Waals surface area contributed by atoms with E-state index in [-0.39, 0.29) is 12.2 Å². The minimum atomic E-state index is -0.0817. The maximum Gasteiger partial charge on any atom is 0.260 e. The highest BCUT2D eigenvalue weighted by molar-refractivity contribution is 7.18. The first-order chi connectivity index (χ1) is 16.2. The minimum Gasteiger partial charge on any atom is -0.493 e. The van der Waals surface area contributed by atoms with Crippen molar-refractivity contribution in [3.8, 4) is 29.0 Å². The second-order valence-electron chi connectivity index (χ2n) is 8.08. The molecule has 2 heterocycles. The fourth-order valence-corrected chi connectivity index (χ4v) is 5.58. The monoisotopic (exact) mass is 457 g/mol. The van der Waals surface area contributed by atoms with Gasteiger partial charge in [0.1, 0.15) is 17.3 Å². The van der Waals surface area contributed by atoms with Crippen LogP contribution in [0.1, 0.15) is 40.8 Å². The van der Waals surface area contributed by atoms with Crippen LogP contribution in [0, 0.1) is 11.3 Å². The Morgan fingerprint density at radius 3 is 2.82 bits per heavy atom. The lowest BCUT2D eigenvalue weighted by molar-refractivity contribution is 0.284. The van der Waals surface area contributed by atoms with Gasteiger partial charge in [-0.1, -0.05) is 24.6 Å². The third kappa shape index (κ3) is 4.10. The molecule has 0 radical (unpaired) electrons. The number of methoxy groups -OCH3 is 1. The van der Waals surface area contributed by atoms with Crippen LogP contribution in [0.25, 0.3) is 21.6 Å². The molecule has 7 heteroatoms. The number of benzene rings is 2. The van der Waals surface area contributed by atoms with Gasteiger partial charge < -0.3 is 14.5 Å². The van der Waals surface area contributed by atoms with Crippen LogP contribution in [0.2, 0.25) is 0 Å². The van der Waals surface area contributed by atoms with Gasteiger partial charge in [-0.15, -0.1) is 11.3 Å². The molecule has 166 valence electrons. The molecule has 6 nitrogen and oxygen atoms in total. The van der Waals surface area contributed by atoms with Crippen LogP contribution in [0.5, 0.6) is 11.5 Å². The van der Waals surface area contributed by atoms with E-state index >= 15 is 0 Å². The summed E-state index contributed by atoms with van der Waals surface area (Å²) in [7, 11) is 1.57. The predicted octanol–water partition coefficient (Wildman–Crippen LogP) is 5.38. The number of nitriles is 1. The fraction of sp³-hybridized carbons (Fsp3) is 0.269. The Balaban J connectivity index is 1.46. The molecule has 0 unspecified atom stereocenters. The van der Waals surface area contributed by atoms with Gasteiger partial charge >= 0.3 is 0 Å². The molecule has 5 rings (SSSR count). The summed E-state index contributed by atoms with van der Waals surface area (Å²) in [5.41, 5.74) is 3.24. The summed E-state index contributed by atoms with van der Waals surface area (Å²) >= 11 is 1.64. The van der Waals surface area contributed by atoms with E-state index in [4.69, 9.17) is 14.5 Å². The van der Waals surface area contributed by atoms with Gasteiger partial charge in [0, 0.05) is 16.0 Å². The number of nitrogens with one attached hydrogen (secondary N) is 1. The van der Waals surface area contributed by atoms with E-state index in [0.717, 1.165) is 40.6 Å². The molecule has 1 N–H and O–H groups in total. The molecule has 1 aliphatic carbocycles. The van der Waals surface area contributed by atoms with Crippen LogP contribution in [-0.2, 0) is 19.4 Å². The van der Waals surface area contributed by atoms with Crippen LogP contribution >= 0.6 is 11.3 Å². The van der Waals surface area contributed by atoms with Gasteiger partial charge in [-0.2, -0.15) is 5.26 Å². The number of fused-ring (bicyclic) bond motifs is 3. The lowest BCUT2D eigenvalue weighted by Gasteiger charge is -2.13. The molecule has 0 atom stereocenters. The molecule has 0 saturated carbocycles. The van der Waals surface area contributed by atoms with Crippen molar-refractivity contribution in [2.45, 2.75) is 38.7 Å². The highest BCUT2D eigenvalue weighted by Crippen LogP contribution is 2.35. The summed E-state index contributed by atoms with van der Waals surface area (Å²) in [6, 6.07) is 15.0. The van der Waals surface area contributed by atoms with E-state index in [0.29, 0.717) is 22.9 Å². The Bertz CT molecular complexity index is 1430. The van der Waals surface area contributed by atoms with E-state index in [2.05, 4.69) is 11.1 Å². The van der Waals surface area contributed by atoms with Crippen LogP contribution in [0.4, 0.5) is 0 Å². The molecule has 0 spiro atoms. The number of thiophene rings is 1. The standard InChI is InChI=1S/C26H23N3O3S/c1-31-21-13-16(11-12-20(21)32-15-18-8-6-5-7-17(18)14-27)24-28-25(30)23-19-9-3-2-4-10-22(19)33-26(23)29-24/h5-8,11-13H,2-4,9-10,15H2,1H3,(H,28,29,30). The maximum absolute atomic E-state index is 13.0. The molecule has 33 heavy (non-hydrogen) atoms. The Morgan fingerprint density at radius 1 is 1.12 bits per heavy atom. The van der Waals surface area contributed by atoms with Crippen molar-refractivity contribution >= 4 is 21.6 Å². The van der Waals surface area contributed by atoms with Crippen LogP contribution in [0.15, 0.2) is 47.3 Å². The zero-order valence-corrected chi connectivity index (χ0v) is 19.1. The van der Waals surface area contributed by atoms with Gasteiger partial charge in [0.25, 0.3) is 5.56 Å². The number of aryl methyl sites for hydroxylation is 2. The Morgan fingerprint density at radius 2 is 1.97 bits per heavy atom. The summed E-state index contributed by atoms with van der Waals surface area (Å²) in [6.45, 7) is 0.251. The Hall–Kier alpha value is -3.63. The van der Waals surface area contributed by atoms with E-state index in [1.807, 2.05) is 30.3 Å². The van der Waals surface area contributed by atoms with Crippen molar-refractivity contribution in [1.82, 2.24) is 9.97 Å². The van der Waals surface area contributed by atoms with Gasteiger partial charge in [0.15, 0.2) is 11.5 Å². The lowest BCUT2D eigenvalue weighted by atomic mass is 10.1. The molecular formula is C26H23N3O3S. The number of ether oxygens (including phenoxy) is 2. The number of aromatic amines is 1. The molecule has 2 aromatic heterocycles. The van der Waals surface area contributed by atoms with Crippen molar-refractivity contribution in [3.05, 3.63) is 74.4 Å². The van der Waals surface area contributed by atoms with Crippen molar-refractivity contribution in [3.63, 3.8) is 0 Å². The molecule has 1 aliphatic rings. The average Bonchev–Trinajstić information content (AvgIpc) is 3.04. The van der Waals surface area contributed by atoms with Gasteiger partial charge in [0.2, 0.25) is 0 Å². The Labute approximate surface area is 195 Å². The number of nitrogens with zero attached hydrogens (tertiary/aromatic N) is 2. The third-order valence-corrected chi connectivity index (χ3v) is 7.22. The molecule has 0 saturated heterocycles. The molecule has 0 aliphatic heterocycles. The van der Waals surface area contributed by atoms with Gasteiger partial charge in [-0.25, -0.2) is 4.98 Å². The van der Waals surface area contributed by atoms with Crippen LogP contribution < -0.4 is 15.0 Å². The van der Waals surface area contributed by atoms with E-state index < -0.39 is 0 Å². The topological polar surface area (TPSA) is 88.0 Å². The fourth-order valence-electron chi connectivity index (χ4n) is 4.32. The van der Waals surface area contributed by atoms with Crippen molar-refractivity contribution in [1.29, 1.82) is 5.26 Å². The molecule has 0 bridgehead atoms. The molecule has 4 aromatic rings. The highest BCUT2D eigenvalue weighted by atomic mass is 32.1. The summed E-state index contributed by atoms with van der Waals surface area (Å²) in [5.74, 6) is 1.61. The first-order valence-electron chi connectivity index (χ1n) is 11.0. The lowest BCUT2D eigenvalue weighted by Crippen LogP contribution is -2.10. The number of hydrogen-bond acceptors (Lipinski definition) is 6. The van der Waals surface area contributed by atoms with Crippen LogP contribution in [-0.4, -0.2) is 17.1 Å².